The zero-order valence-electron chi connectivity index (χ0n) is 8.33. The molecule has 0 fully saturated rings. The van der Waals surface area contributed by atoms with E-state index in [0.717, 1.165) is 17.7 Å². The van der Waals surface area contributed by atoms with Crippen molar-refractivity contribution in [2.75, 3.05) is 6.61 Å². The number of esters is 1. The molecule has 0 aromatic rings. The van der Waals surface area contributed by atoms with Crippen molar-refractivity contribution >= 4 is 12.2 Å². The third-order valence-corrected chi connectivity index (χ3v) is 1.99. The highest BCUT2D eigenvalue weighted by Gasteiger charge is 2.12. The molecule has 0 atom stereocenters. The lowest BCUT2D eigenvalue weighted by Gasteiger charge is -2.07. The molecule has 0 saturated carbocycles. The molecule has 0 aliphatic carbocycles. The minimum atomic E-state index is -0.146. The lowest BCUT2D eigenvalue weighted by Crippen LogP contribution is -2.13. The fraction of sp³-hybridized carbons (Fsp3) is 0.600. The van der Waals surface area contributed by atoms with Crippen LogP contribution in [0.3, 0.4) is 0 Å². The van der Waals surface area contributed by atoms with Gasteiger partial charge in [-0.3, -0.25) is 9.79 Å². The van der Waals surface area contributed by atoms with E-state index in [2.05, 4.69) is 4.99 Å². The maximum absolute atomic E-state index is 11.1. The Morgan fingerprint density at radius 1 is 1.69 bits per heavy atom. The Morgan fingerprint density at radius 2 is 2.38 bits per heavy atom. The maximum atomic E-state index is 11.1. The largest absolute Gasteiger partial charge is 0.461 e. The Balaban J connectivity index is 2.36. The van der Waals surface area contributed by atoms with Crippen LogP contribution in [0, 0.1) is 5.92 Å². The summed E-state index contributed by atoms with van der Waals surface area (Å²) < 4.78 is 5.08. The Morgan fingerprint density at radius 3 is 2.85 bits per heavy atom. The van der Waals surface area contributed by atoms with Crippen LogP contribution in [0.15, 0.2) is 16.3 Å². The van der Waals surface area contributed by atoms with Crippen molar-refractivity contribution in [3.05, 3.63) is 11.3 Å². The number of ether oxygens (including phenoxy) is 1. The van der Waals surface area contributed by atoms with Crippen LogP contribution >= 0.6 is 0 Å². The number of rotatable bonds is 3. The van der Waals surface area contributed by atoms with Gasteiger partial charge in [-0.15, -0.1) is 0 Å². The monoisotopic (exact) mass is 181 g/mol. The number of hydrogen-bond acceptors (Lipinski definition) is 3. The van der Waals surface area contributed by atoms with Gasteiger partial charge in [-0.1, -0.05) is 13.8 Å². The summed E-state index contributed by atoms with van der Waals surface area (Å²) in [6, 6.07) is 0. The van der Waals surface area contributed by atoms with E-state index >= 15 is 0 Å². The fourth-order valence-corrected chi connectivity index (χ4v) is 1.02. The quantitative estimate of drug-likeness (QED) is 0.624. The van der Waals surface area contributed by atoms with E-state index in [4.69, 9.17) is 4.74 Å². The van der Waals surface area contributed by atoms with Gasteiger partial charge in [-0.25, -0.2) is 0 Å². The van der Waals surface area contributed by atoms with Crippen LogP contribution in [-0.2, 0) is 9.53 Å². The van der Waals surface area contributed by atoms with Gasteiger partial charge in [0, 0.05) is 18.3 Å². The molecule has 72 valence electrons. The highest BCUT2D eigenvalue weighted by atomic mass is 16.5. The Bertz CT molecular complexity index is 264. The lowest BCUT2D eigenvalue weighted by molar-refractivity contribution is -0.146. The summed E-state index contributed by atoms with van der Waals surface area (Å²) in [6.45, 7) is 5.98. The average molecular weight is 181 g/mol. The Kier molecular flexibility index (Phi) is 3.23. The van der Waals surface area contributed by atoms with Crippen molar-refractivity contribution in [2.45, 2.75) is 27.2 Å². The van der Waals surface area contributed by atoms with Crippen molar-refractivity contribution in [3.8, 4) is 0 Å². The van der Waals surface area contributed by atoms with Crippen LogP contribution in [-0.4, -0.2) is 18.8 Å². The van der Waals surface area contributed by atoms with Gasteiger partial charge >= 0.3 is 5.97 Å². The first-order valence-corrected chi connectivity index (χ1v) is 4.49. The van der Waals surface area contributed by atoms with Crippen LogP contribution in [0.5, 0.6) is 0 Å². The first-order valence-electron chi connectivity index (χ1n) is 4.49. The van der Waals surface area contributed by atoms with Crippen LogP contribution < -0.4 is 0 Å². The minimum Gasteiger partial charge on any atom is -0.461 e. The first-order chi connectivity index (χ1) is 6.11. The molecule has 3 nitrogen and oxygen atoms in total. The van der Waals surface area contributed by atoms with Gasteiger partial charge in [-0.05, 0) is 12.5 Å². The molecule has 0 unspecified atom stereocenters. The zero-order chi connectivity index (χ0) is 9.84. The van der Waals surface area contributed by atoms with Crippen LogP contribution in [0.25, 0.3) is 0 Å². The average Bonchev–Trinajstić information content (AvgIpc) is 2.47. The van der Waals surface area contributed by atoms with E-state index in [-0.39, 0.29) is 11.9 Å². The summed E-state index contributed by atoms with van der Waals surface area (Å²) in [5.41, 5.74) is 2.09. The maximum Gasteiger partial charge on any atom is 0.308 e. The van der Waals surface area contributed by atoms with E-state index in [1.165, 1.54) is 0 Å². The van der Waals surface area contributed by atoms with Gasteiger partial charge in [-0.2, -0.15) is 0 Å². The molecule has 0 bridgehead atoms. The zero-order valence-corrected chi connectivity index (χ0v) is 8.33. The number of hydrogen-bond donors (Lipinski definition) is 0. The third kappa shape index (κ3) is 2.68. The summed E-state index contributed by atoms with van der Waals surface area (Å²) in [5.74, 6) is -0.199. The molecule has 0 N–H and O–H groups in total. The van der Waals surface area contributed by atoms with Gasteiger partial charge in [0.2, 0.25) is 0 Å². The third-order valence-electron chi connectivity index (χ3n) is 1.99. The van der Waals surface area contributed by atoms with Crippen LogP contribution in [0.1, 0.15) is 27.2 Å². The second-order valence-corrected chi connectivity index (χ2v) is 3.47. The predicted octanol–water partition coefficient (Wildman–Crippen LogP) is 1.93. The van der Waals surface area contributed by atoms with Crippen molar-refractivity contribution in [3.63, 3.8) is 0 Å². The first kappa shape index (κ1) is 9.96. The molecular formula is C10H15NO2. The number of allylic oxidation sites excluding steroid dienone is 1. The normalized spacial score (nSPS) is 15.7. The predicted molar refractivity (Wildman–Crippen MR) is 51.6 cm³/mol. The van der Waals surface area contributed by atoms with E-state index in [9.17, 15) is 4.79 Å². The molecule has 1 rings (SSSR count). The summed E-state index contributed by atoms with van der Waals surface area (Å²) in [4.78, 5) is 15.2. The number of aliphatic imine (C=N–C) groups is 1. The summed E-state index contributed by atoms with van der Waals surface area (Å²) in [6.07, 6.45) is 2.66. The Labute approximate surface area is 78.5 Å². The molecule has 0 aromatic carbocycles. The molecule has 13 heavy (non-hydrogen) atoms. The second-order valence-electron chi connectivity index (χ2n) is 3.47. The molecule has 0 spiro atoms. The van der Waals surface area contributed by atoms with Gasteiger partial charge in [0.1, 0.15) is 6.61 Å². The van der Waals surface area contributed by atoms with Crippen molar-refractivity contribution < 1.29 is 9.53 Å². The molecular weight excluding hydrogens is 166 g/mol. The van der Waals surface area contributed by atoms with E-state index in [1.54, 1.807) is 0 Å². The molecule has 0 aromatic heterocycles. The molecule has 3 heteroatoms. The minimum absolute atomic E-state index is 0.0526. The summed E-state index contributed by atoms with van der Waals surface area (Å²) in [5, 5.41) is 0. The summed E-state index contributed by atoms with van der Waals surface area (Å²) >= 11 is 0. The molecule has 0 amide bonds. The lowest BCUT2D eigenvalue weighted by atomic mass is 10.2. The number of nitrogens with zero attached hydrogens (tertiary/aromatic N) is 1. The molecule has 1 heterocycles. The molecule has 0 radical (unpaired) electrons. The van der Waals surface area contributed by atoms with Gasteiger partial charge in [0.05, 0.1) is 5.92 Å². The van der Waals surface area contributed by atoms with E-state index in [0.29, 0.717) is 6.61 Å². The van der Waals surface area contributed by atoms with Gasteiger partial charge in [0.25, 0.3) is 0 Å². The van der Waals surface area contributed by atoms with E-state index < -0.39 is 0 Å². The number of carbonyl (C=O) groups is 1. The molecule has 0 saturated heterocycles. The SMILES string of the molecule is CC1=C(COC(=O)C(C)C)CC=N1. The fourth-order valence-electron chi connectivity index (χ4n) is 1.02. The van der Waals surface area contributed by atoms with Crippen LogP contribution in [0.4, 0.5) is 0 Å². The second kappa shape index (κ2) is 4.21. The van der Waals surface area contributed by atoms with Gasteiger partial charge in [0.15, 0.2) is 0 Å². The highest BCUT2D eigenvalue weighted by molar-refractivity contribution is 5.72. The topological polar surface area (TPSA) is 38.7 Å². The molecule has 1 aliphatic rings. The van der Waals surface area contributed by atoms with E-state index in [1.807, 2.05) is 27.0 Å². The van der Waals surface area contributed by atoms with Crippen molar-refractivity contribution in [1.82, 2.24) is 0 Å². The highest BCUT2D eigenvalue weighted by Crippen LogP contribution is 2.15. The standard InChI is InChI=1S/C10H15NO2/c1-7(2)10(12)13-6-9-4-5-11-8(9)3/h5,7H,4,6H2,1-3H3. The summed E-state index contributed by atoms with van der Waals surface area (Å²) in [7, 11) is 0. The Hall–Kier alpha value is -1.12. The number of carbonyl (C=O) groups excluding carboxylic acids is 1. The molecule has 1 aliphatic heterocycles. The van der Waals surface area contributed by atoms with Crippen LogP contribution in [0.2, 0.25) is 0 Å². The van der Waals surface area contributed by atoms with Gasteiger partial charge < -0.3 is 4.74 Å². The van der Waals surface area contributed by atoms with Crippen molar-refractivity contribution in [2.24, 2.45) is 10.9 Å². The van der Waals surface area contributed by atoms with Crippen molar-refractivity contribution in [1.29, 1.82) is 0 Å². The smallest absolute Gasteiger partial charge is 0.308 e.